The molecule has 0 bridgehead atoms. The molecule has 0 aliphatic carbocycles. The van der Waals surface area contributed by atoms with Gasteiger partial charge < -0.3 is 14.6 Å². The molecule has 2 aromatic rings. The van der Waals surface area contributed by atoms with Crippen LogP contribution in [0, 0.1) is 13.8 Å². The Bertz CT molecular complexity index is 766. The third kappa shape index (κ3) is 4.04. The number of methoxy groups -OCH3 is 1. The molecule has 0 saturated carbocycles. The number of hydrogen-bond donors (Lipinski definition) is 1. The van der Waals surface area contributed by atoms with E-state index in [1.54, 1.807) is 7.11 Å². The number of anilines is 1. The first-order chi connectivity index (χ1) is 12.5. The van der Waals surface area contributed by atoms with Gasteiger partial charge in [0.1, 0.15) is 5.75 Å². The Morgan fingerprint density at radius 3 is 2.69 bits per heavy atom. The first-order valence-corrected chi connectivity index (χ1v) is 8.97. The van der Waals surface area contributed by atoms with Crippen molar-refractivity contribution < 1.29 is 14.1 Å². The predicted molar refractivity (Wildman–Crippen MR) is 98.4 cm³/mol. The lowest BCUT2D eigenvalue weighted by Gasteiger charge is -2.34. The molecular weight excluding hydrogens is 332 g/mol. The largest absolute Gasteiger partial charge is 0.495 e. The smallest absolute Gasteiger partial charge is 0.241 e. The minimum absolute atomic E-state index is 0.0269. The first kappa shape index (κ1) is 18.4. The molecule has 1 aromatic carbocycles. The number of ether oxygens (including phenoxy) is 1. The molecule has 1 N–H and O–H groups in total. The summed E-state index contributed by atoms with van der Waals surface area (Å²) in [7, 11) is 1.60. The summed E-state index contributed by atoms with van der Waals surface area (Å²) in [6.07, 6.45) is 1.82. The van der Waals surface area contributed by atoms with Crippen molar-refractivity contribution in [3.8, 4) is 5.75 Å². The molecule has 0 radical (unpaired) electrons. The van der Waals surface area contributed by atoms with Crippen LogP contribution in [0.5, 0.6) is 5.75 Å². The SMILES string of the molecule is COc1ccc(C)cc1NC(=O)C(C)N1CCC(c2nc(C)no2)CC1. The minimum Gasteiger partial charge on any atom is -0.495 e. The standard InChI is InChI=1S/C19H26N4O3/c1-12-5-6-17(25-4)16(11-12)21-18(24)13(2)23-9-7-15(8-10-23)19-20-14(3)22-26-19/h5-6,11,13,15H,7-10H2,1-4H3,(H,21,24). The number of carbonyl (C=O) groups excluding carboxylic acids is 1. The Morgan fingerprint density at radius 1 is 1.35 bits per heavy atom. The van der Waals surface area contributed by atoms with Gasteiger partial charge in [-0.2, -0.15) is 4.98 Å². The quantitative estimate of drug-likeness (QED) is 0.885. The Balaban J connectivity index is 1.59. The molecule has 7 nitrogen and oxygen atoms in total. The van der Waals surface area contributed by atoms with Gasteiger partial charge in [0.2, 0.25) is 11.8 Å². The van der Waals surface area contributed by atoms with Gasteiger partial charge in [-0.05, 0) is 64.4 Å². The number of nitrogens with zero attached hydrogens (tertiary/aromatic N) is 3. The summed E-state index contributed by atoms with van der Waals surface area (Å²) in [6.45, 7) is 7.41. The number of carbonyl (C=O) groups is 1. The van der Waals surface area contributed by atoms with E-state index in [4.69, 9.17) is 9.26 Å². The Morgan fingerprint density at radius 2 is 2.08 bits per heavy atom. The second-order valence-corrected chi connectivity index (χ2v) is 6.86. The molecule has 7 heteroatoms. The van der Waals surface area contributed by atoms with Gasteiger partial charge in [0.15, 0.2) is 5.82 Å². The zero-order valence-corrected chi connectivity index (χ0v) is 15.8. The lowest BCUT2D eigenvalue weighted by Crippen LogP contribution is -2.45. The van der Waals surface area contributed by atoms with Crippen molar-refractivity contribution >= 4 is 11.6 Å². The molecule has 3 rings (SSSR count). The van der Waals surface area contributed by atoms with Crippen LogP contribution < -0.4 is 10.1 Å². The van der Waals surface area contributed by atoms with E-state index in [2.05, 4.69) is 20.4 Å². The molecule has 2 heterocycles. The fourth-order valence-electron chi connectivity index (χ4n) is 3.34. The van der Waals surface area contributed by atoms with Crippen LogP contribution in [0.1, 0.15) is 43.0 Å². The van der Waals surface area contributed by atoms with Crippen molar-refractivity contribution in [1.82, 2.24) is 15.0 Å². The van der Waals surface area contributed by atoms with Crippen LogP contribution in [0.15, 0.2) is 22.7 Å². The molecule has 1 atom stereocenters. The Hall–Kier alpha value is -2.41. The lowest BCUT2D eigenvalue weighted by molar-refractivity contribution is -0.121. The van der Waals surface area contributed by atoms with Gasteiger partial charge >= 0.3 is 0 Å². The third-order valence-electron chi connectivity index (χ3n) is 4.96. The number of rotatable bonds is 5. The van der Waals surface area contributed by atoms with E-state index < -0.39 is 0 Å². The maximum Gasteiger partial charge on any atom is 0.241 e. The summed E-state index contributed by atoms with van der Waals surface area (Å²) in [5.41, 5.74) is 1.78. The number of aryl methyl sites for hydroxylation is 2. The third-order valence-corrected chi connectivity index (χ3v) is 4.96. The number of hydrogen-bond acceptors (Lipinski definition) is 6. The van der Waals surface area contributed by atoms with Gasteiger partial charge in [0, 0.05) is 5.92 Å². The van der Waals surface area contributed by atoms with Crippen LogP contribution in [0.25, 0.3) is 0 Å². The van der Waals surface area contributed by atoms with Crippen LogP contribution in [0.4, 0.5) is 5.69 Å². The molecule has 1 unspecified atom stereocenters. The molecule has 1 amide bonds. The van der Waals surface area contributed by atoms with Crippen LogP contribution in [0.2, 0.25) is 0 Å². The average molecular weight is 358 g/mol. The van der Waals surface area contributed by atoms with Crippen LogP contribution in [-0.4, -0.2) is 47.2 Å². The van der Waals surface area contributed by atoms with E-state index in [0.29, 0.717) is 23.2 Å². The zero-order chi connectivity index (χ0) is 18.7. The number of benzene rings is 1. The van der Waals surface area contributed by atoms with Gasteiger partial charge in [-0.1, -0.05) is 11.2 Å². The summed E-state index contributed by atoms with van der Waals surface area (Å²) in [4.78, 5) is 19.2. The highest BCUT2D eigenvalue weighted by molar-refractivity contribution is 5.95. The number of aromatic nitrogens is 2. The number of nitrogens with one attached hydrogen (secondary N) is 1. The predicted octanol–water partition coefficient (Wildman–Crippen LogP) is 2.90. The van der Waals surface area contributed by atoms with Crippen molar-refractivity contribution in [2.24, 2.45) is 0 Å². The number of amides is 1. The van der Waals surface area contributed by atoms with E-state index in [1.807, 2.05) is 39.0 Å². The second-order valence-electron chi connectivity index (χ2n) is 6.86. The van der Waals surface area contributed by atoms with E-state index in [-0.39, 0.29) is 17.9 Å². The molecular formula is C19H26N4O3. The molecule has 1 aliphatic rings. The van der Waals surface area contributed by atoms with Crippen LogP contribution >= 0.6 is 0 Å². The van der Waals surface area contributed by atoms with Gasteiger partial charge in [-0.15, -0.1) is 0 Å². The van der Waals surface area contributed by atoms with Crippen molar-refractivity contribution in [2.75, 3.05) is 25.5 Å². The number of likely N-dealkylation sites (tertiary alicyclic amines) is 1. The summed E-state index contributed by atoms with van der Waals surface area (Å²) >= 11 is 0. The lowest BCUT2D eigenvalue weighted by atomic mass is 9.95. The summed E-state index contributed by atoms with van der Waals surface area (Å²) < 4.78 is 10.6. The highest BCUT2D eigenvalue weighted by Crippen LogP contribution is 2.29. The molecule has 140 valence electrons. The maximum absolute atomic E-state index is 12.7. The molecule has 1 aromatic heterocycles. The van der Waals surface area contributed by atoms with Gasteiger partial charge in [-0.25, -0.2) is 0 Å². The van der Waals surface area contributed by atoms with Crippen LogP contribution in [0.3, 0.4) is 0 Å². The zero-order valence-electron chi connectivity index (χ0n) is 15.8. The fraction of sp³-hybridized carbons (Fsp3) is 0.526. The summed E-state index contributed by atoms with van der Waals surface area (Å²) in [6, 6.07) is 5.54. The average Bonchev–Trinajstić information content (AvgIpc) is 3.08. The van der Waals surface area contributed by atoms with E-state index >= 15 is 0 Å². The van der Waals surface area contributed by atoms with Crippen molar-refractivity contribution in [3.05, 3.63) is 35.5 Å². The highest BCUT2D eigenvalue weighted by atomic mass is 16.5. The Labute approximate surface area is 153 Å². The van der Waals surface area contributed by atoms with Crippen LogP contribution in [-0.2, 0) is 4.79 Å². The first-order valence-electron chi connectivity index (χ1n) is 8.97. The van der Waals surface area contributed by atoms with Gasteiger partial charge in [0.05, 0.1) is 18.8 Å². The van der Waals surface area contributed by atoms with E-state index in [1.165, 1.54) is 0 Å². The normalized spacial score (nSPS) is 17.1. The summed E-state index contributed by atoms with van der Waals surface area (Å²) in [5, 5.41) is 6.87. The fourth-order valence-corrected chi connectivity index (χ4v) is 3.34. The monoisotopic (exact) mass is 358 g/mol. The Kier molecular flexibility index (Phi) is 5.56. The topological polar surface area (TPSA) is 80.5 Å². The number of piperidine rings is 1. The molecule has 0 spiro atoms. The van der Waals surface area contributed by atoms with E-state index in [0.717, 1.165) is 31.5 Å². The maximum atomic E-state index is 12.7. The summed E-state index contributed by atoms with van der Waals surface area (Å²) in [5.74, 6) is 2.30. The molecule has 1 saturated heterocycles. The molecule has 26 heavy (non-hydrogen) atoms. The second kappa shape index (κ2) is 7.86. The van der Waals surface area contributed by atoms with E-state index in [9.17, 15) is 4.79 Å². The van der Waals surface area contributed by atoms with Crippen molar-refractivity contribution in [3.63, 3.8) is 0 Å². The van der Waals surface area contributed by atoms with Crippen molar-refractivity contribution in [1.29, 1.82) is 0 Å². The van der Waals surface area contributed by atoms with Gasteiger partial charge in [0.25, 0.3) is 0 Å². The van der Waals surface area contributed by atoms with Gasteiger partial charge in [-0.3, -0.25) is 9.69 Å². The molecule has 1 fully saturated rings. The van der Waals surface area contributed by atoms with Crippen molar-refractivity contribution in [2.45, 2.75) is 45.6 Å². The molecule has 1 aliphatic heterocycles. The minimum atomic E-state index is -0.217. The highest BCUT2D eigenvalue weighted by Gasteiger charge is 2.30.